The minimum Gasteiger partial charge on any atom is -0.495 e. The number of ether oxygens (including phenoxy) is 2. The topological polar surface area (TPSA) is 96.9 Å². The van der Waals surface area contributed by atoms with E-state index >= 15 is 0 Å². The van der Waals surface area contributed by atoms with E-state index in [1.54, 1.807) is 30.1 Å². The Kier molecular flexibility index (Phi) is 8.13. The van der Waals surface area contributed by atoms with Gasteiger partial charge in [0.15, 0.2) is 5.78 Å². The molecule has 4 heterocycles. The summed E-state index contributed by atoms with van der Waals surface area (Å²) in [4.78, 5) is 33.1. The minimum atomic E-state index is -0.723. The average molecular weight is 589 g/mol. The van der Waals surface area contributed by atoms with E-state index in [0.717, 1.165) is 52.6 Å². The van der Waals surface area contributed by atoms with Gasteiger partial charge in [0.25, 0.3) is 5.56 Å². The quantitative estimate of drug-likeness (QED) is 0.256. The van der Waals surface area contributed by atoms with Gasteiger partial charge in [0.05, 0.1) is 36.7 Å². The van der Waals surface area contributed by atoms with Crippen molar-refractivity contribution in [3.05, 3.63) is 81.4 Å². The maximum atomic E-state index is 14.0. The monoisotopic (exact) mass is 588 g/mol. The number of benzene rings is 2. The second-order valence-electron chi connectivity index (χ2n) is 10.9. The van der Waals surface area contributed by atoms with Crippen LogP contribution in [0.15, 0.2) is 64.8 Å². The van der Waals surface area contributed by atoms with E-state index in [4.69, 9.17) is 25.9 Å². The van der Waals surface area contributed by atoms with E-state index in [2.05, 4.69) is 10.3 Å². The summed E-state index contributed by atoms with van der Waals surface area (Å²) in [6.45, 7) is 1.16. The third-order valence-corrected chi connectivity index (χ3v) is 8.22. The first kappa shape index (κ1) is 28.2. The number of halogens is 1. The van der Waals surface area contributed by atoms with E-state index in [0.29, 0.717) is 42.4 Å². The Morgan fingerprint density at radius 3 is 2.74 bits per heavy atom. The summed E-state index contributed by atoms with van der Waals surface area (Å²) < 4.78 is 15.1. The van der Waals surface area contributed by atoms with Gasteiger partial charge in [-0.3, -0.25) is 14.3 Å². The van der Waals surface area contributed by atoms with Crippen molar-refractivity contribution in [2.24, 2.45) is 12.2 Å². The molecule has 2 aromatic heterocycles. The van der Waals surface area contributed by atoms with Crippen LogP contribution >= 0.6 is 11.6 Å². The number of aryl methyl sites for hydroxylation is 1. The molecule has 2 aliphatic heterocycles. The summed E-state index contributed by atoms with van der Waals surface area (Å²) in [7, 11) is 3.42. The number of nitrogens with zero attached hydrogens (tertiary/aromatic N) is 4. The van der Waals surface area contributed by atoms with Gasteiger partial charge in [-0.25, -0.2) is 0 Å². The maximum absolute atomic E-state index is 14.0. The Labute approximate surface area is 248 Å². The van der Waals surface area contributed by atoms with E-state index < -0.39 is 6.04 Å². The standard InChI is InChI=1S/C32H33ClN4O5/c1-36-18-21-13-20(6-9-27(21)34-36)14-30(38)29(16-23-5-3-4-11-41-23)37-19-31(40-2)26(17-32(37)39)25-15-22(33)7-8-24(25)28-10-12-42-35-28/h6-9,13,15,17-19,23,29H,3-5,10-12,14,16H2,1-2H3/t23-,29?/m1/s1. The molecule has 6 rings (SSSR count). The van der Waals surface area contributed by atoms with Crippen LogP contribution in [0.1, 0.15) is 49.3 Å². The molecule has 2 aromatic carbocycles. The van der Waals surface area contributed by atoms with Crippen molar-refractivity contribution in [1.29, 1.82) is 0 Å². The Morgan fingerprint density at radius 1 is 1.10 bits per heavy atom. The first-order valence-corrected chi connectivity index (χ1v) is 14.6. The second-order valence-corrected chi connectivity index (χ2v) is 11.3. The van der Waals surface area contributed by atoms with Crippen molar-refractivity contribution in [1.82, 2.24) is 14.3 Å². The molecule has 9 nitrogen and oxygen atoms in total. The van der Waals surface area contributed by atoms with Crippen molar-refractivity contribution < 1.29 is 19.1 Å². The Morgan fingerprint density at radius 2 is 1.98 bits per heavy atom. The van der Waals surface area contributed by atoms with Gasteiger partial charge in [-0.2, -0.15) is 5.10 Å². The van der Waals surface area contributed by atoms with Gasteiger partial charge >= 0.3 is 0 Å². The number of carbonyl (C=O) groups is 1. The van der Waals surface area contributed by atoms with Crippen LogP contribution in [0.4, 0.5) is 0 Å². The highest BCUT2D eigenvalue weighted by atomic mass is 35.5. The first-order valence-electron chi connectivity index (χ1n) is 14.3. The van der Waals surface area contributed by atoms with Gasteiger partial charge in [0, 0.05) is 66.7 Å². The summed E-state index contributed by atoms with van der Waals surface area (Å²) in [5.74, 6) is 0.391. The molecule has 218 valence electrons. The highest BCUT2D eigenvalue weighted by Gasteiger charge is 2.29. The summed E-state index contributed by atoms with van der Waals surface area (Å²) in [5, 5.41) is 10.1. The fraction of sp³-hybridized carbons (Fsp3) is 0.375. The zero-order valence-electron chi connectivity index (χ0n) is 23.7. The van der Waals surface area contributed by atoms with Crippen LogP contribution in [0.2, 0.25) is 5.02 Å². The largest absolute Gasteiger partial charge is 0.495 e. The van der Waals surface area contributed by atoms with Crippen LogP contribution in [0.25, 0.3) is 22.0 Å². The van der Waals surface area contributed by atoms with Gasteiger partial charge in [-0.1, -0.05) is 28.9 Å². The van der Waals surface area contributed by atoms with Gasteiger partial charge in [-0.15, -0.1) is 0 Å². The van der Waals surface area contributed by atoms with E-state index in [1.165, 1.54) is 10.6 Å². The summed E-state index contributed by atoms with van der Waals surface area (Å²) >= 11 is 6.40. The molecule has 42 heavy (non-hydrogen) atoms. The number of oxime groups is 1. The molecule has 10 heteroatoms. The molecule has 0 bridgehead atoms. The number of Topliss-reactive ketones (excluding diaryl/α,β-unsaturated/α-hetero) is 1. The molecule has 1 saturated heterocycles. The lowest BCUT2D eigenvalue weighted by atomic mass is 9.94. The molecule has 0 N–H and O–H groups in total. The number of aromatic nitrogens is 3. The van der Waals surface area contributed by atoms with Crippen molar-refractivity contribution >= 4 is 34.0 Å². The fourth-order valence-electron chi connectivity index (χ4n) is 5.90. The van der Waals surface area contributed by atoms with E-state index in [9.17, 15) is 9.59 Å². The lowest BCUT2D eigenvalue weighted by molar-refractivity contribution is -0.123. The van der Waals surface area contributed by atoms with Crippen molar-refractivity contribution in [2.45, 2.75) is 50.7 Å². The number of pyridine rings is 1. The van der Waals surface area contributed by atoms with Crippen molar-refractivity contribution in [3.63, 3.8) is 0 Å². The van der Waals surface area contributed by atoms with E-state index in [1.807, 2.05) is 37.5 Å². The molecule has 0 spiro atoms. The highest BCUT2D eigenvalue weighted by Crippen LogP contribution is 2.36. The zero-order valence-corrected chi connectivity index (χ0v) is 24.5. The van der Waals surface area contributed by atoms with Crippen molar-refractivity contribution in [3.8, 4) is 16.9 Å². The molecule has 2 aliphatic rings. The lowest BCUT2D eigenvalue weighted by Crippen LogP contribution is -2.34. The van der Waals surface area contributed by atoms with E-state index in [-0.39, 0.29) is 23.9 Å². The number of hydrogen-bond acceptors (Lipinski definition) is 7. The van der Waals surface area contributed by atoms with Crippen LogP contribution in [0.3, 0.4) is 0 Å². The highest BCUT2D eigenvalue weighted by molar-refractivity contribution is 6.31. The van der Waals surface area contributed by atoms with Crippen LogP contribution in [0, 0.1) is 0 Å². The molecule has 1 fully saturated rings. The second kappa shape index (κ2) is 12.1. The number of carbonyl (C=O) groups excluding carboxylic acids is 1. The molecule has 1 unspecified atom stereocenters. The zero-order chi connectivity index (χ0) is 29.2. The lowest BCUT2D eigenvalue weighted by Gasteiger charge is -2.28. The third kappa shape index (κ3) is 5.84. The van der Waals surface area contributed by atoms with Gasteiger partial charge in [-0.05, 0) is 54.7 Å². The molecule has 4 aromatic rings. The Bertz CT molecular complexity index is 1720. The summed E-state index contributed by atoms with van der Waals surface area (Å²) in [5.41, 5.74) is 4.33. The van der Waals surface area contributed by atoms with Gasteiger partial charge in [0.1, 0.15) is 12.4 Å². The predicted octanol–water partition coefficient (Wildman–Crippen LogP) is 5.50. The van der Waals surface area contributed by atoms with Crippen LogP contribution in [-0.2, 0) is 27.8 Å². The third-order valence-electron chi connectivity index (χ3n) is 7.98. The molecule has 0 amide bonds. The summed E-state index contributed by atoms with van der Waals surface area (Å²) in [6.07, 6.45) is 7.59. The molecule has 2 atom stereocenters. The molecule has 0 saturated carbocycles. The van der Waals surface area contributed by atoms with Gasteiger partial charge < -0.3 is 18.9 Å². The molecular formula is C32H33ClN4O5. The molecule has 0 radical (unpaired) electrons. The van der Waals surface area contributed by atoms with Crippen LogP contribution in [-0.4, -0.2) is 52.3 Å². The van der Waals surface area contributed by atoms with Gasteiger partial charge in [0.2, 0.25) is 0 Å². The number of rotatable bonds is 9. The number of hydrogen-bond donors (Lipinski definition) is 0. The SMILES string of the molecule is COc1cn(C(C[C@H]2CCCCO2)C(=O)Cc2ccc3nn(C)cc3c2)c(=O)cc1-c1cc(Cl)ccc1C1=NOCC1. The normalized spacial score (nSPS) is 17.6. The Balaban J connectivity index is 1.39. The molecule has 0 aliphatic carbocycles. The van der Waals surface area contributed by atoms with Crippen molar-refractivity contribution in [2.75, 3.05) is 20.3 Å². The van der Waals surface area contributed by atoms with Crippen LogP contribution in [0.5, 0.6) is 5.75 Å². The maximum Gasteiger partial charge on any atom is 0.252 e. The fourth-order valence-corrected chi connectivity index (χ4v) is 6.07. The Hall–Kier alpha value is -3.95. The smallest absolute Gasteiger partial charge is 0.252 e. The number of methoxy groups -OCH3 is 1. The summed E-state index contributed by atoms with van der Waals surface area (Å²) in [6, 6.07) is 12.1. The minimum absolute atomic E-state index is 0.0646. The number of ketones is 1. The molecular weight excluding hydrogens is 556 g/mol. The predicted molar refractivity (Wildman–Crippen MR) is 161 cm³/mol. The number of fused-ring (bicyclic) bond motifs is 1. The first-order chi connectivity index (χ1) is 20.4. The average Bonchev–Trinajstić information content (AvgIpc) is 3.65. The van der Waals surface area contributed by atoms with Crippen LogP contribution < -0.4 is 10.3 Å².